The lowest BCUT2D eigenvalue weighted by Crippen LogP contribution is -2.56. The van der Waals surface area contributed by atoms with Crippen LogP contribution in [-0.2, 0) is 0 Å². The molecule has 1 aliphatic rings. The van der Waals surface area contributed by atoms with Crippen LogP contribution >= 0.6 is 22.2 Å². The monoisotopic (exact) mass is 289 g/mol. The molecule has 1 rings (SSSR count). The molecular formula is C7H9Cl2N3Si3. The van der Waals surface area contributed by atoms with Gasteiger partial charge < -0.3 is 0 Å². The molecule has 0 aliphatic carbocycles. The molecule has 0 amide bonds. The molecule has 3 nitrogen and oxygen atoms in total. The van der Waals surface area contributed by atoms with Gasteiger partial charge in [0.2, 0.25) is 0 Å². The molecule has 1 fully saturated rings. The number of nitrogens with zero attached hydrogens (tertiary/aromatic N) is 3. The van der Waals surface area contributed by atoms with E-state index in [2.05, 4.69) is 17.1 Å². The molecule has 0 radical (unpaired) electrons. The van der Waals surface area contributed by atoms with Gasteiger partial charge in [-0.05, 0) is 17.0 Å². The highest BCUT2D eigenvalue weighted by Gasteiger charge is 2.58. The molecule has 15 heavy (non-hydrogen) atoms. The second-order valence-electron chi connectivity index (χ2n) is 4.36. The molecule has 8 heteroatoms. The van der Waals surface area contributed by atoms with Crippen LogP contribution in [-0.4, -0.2) is 22.8 Å². The molecule has 0 saturated carbocycles. The summed E-state index contributed by atoms with van der Waals surface area (Å²) in [6.07, 6.45) is 0. The average Bonchev–Trinajstić information content (AvgIpc) is 2.16. The van der Waals surface area contributed by atoms with Crippen molar-refractivity contribution in [3.8, 4) is 17.1 Å². The number of hydrogen-bond acceptors (Lipinski definition) is 3. The van der Waals surface area contributed by atoms with Crippen molar-refractivity contribution in [2.45, 2.75) is 23.5 Å². The molecule has 0 aromatic heterocycles. The van der Waals surface area contributed by atoms with Gasteiger partial charge in [-0.1, -0.05) is 6.55 Å². The van der Waals surface area contributed by atoms with Gasteiger partial charge in [-0.25, -0.2) is 15.8 Å². The van der Waals surface area contributed by atoms with Crippen molar-refractivity contribution in [1.29, 1.82) is 15.8 Å². The minimum atomic E-state index is -2.60. The molecule has 2 atom stereocenters. The minimum Gasteiger partial charge on any atom is -0.207 e. The van der Waals surface area contributed by atoms with E-state index in [4.69, 9.17) is 37.9 Å². The van der Waals surface area contributed by atoms with E-state index in [1.54, 1.807) is 0 Å². The SMILES string of the molecule is C[Si]1(C#N)C[Si](Cl)(C#N)C[Si](Cl)(C#N)C1. The van der Waals surface area contributed by atoms with E-state index in [0.717, 1.165) is 0 Å². The first-order chi connectivity index (χ1) is 6.80. The second kappa shape index (κ2) is 3.93. The molecule has 78 valence electrons. The zero-order valence-corrected chi connectivity index (χ0v) is 12.7. The van der Waals surface area contributed by atoms with Crippen molar-refractivity contribution < 1.29 is 0 Å². The zero-order valence-electron chi connectivity index (χ0n) is 8.22. The summed E-state index contributed by atoms with van der Waals surface area (Å²) in [5, 5.41) is 27.2. The van der Waals surface area contributed by atoms with Gasteiger partial charge in [0.1, 0.15) is 0 Å². The van der Waals surface area contributed by atoms with Crippen LogP contribution in [0.4, 0.5) is 0 Å². The zero-order chi connectivity index (χ0) is 11.7. The van der Waals surface area contributed by atoms with Gasteiger partial charge in [0.15, 0.2) is 8.07 Å². The summed E-state index contributed by atoms with van der Waals surface area (Å²) in [5.41, 5.74) is 8.10. The lowest BCUT2D eigenvalue weighted by atomic mass is 11.6. The third kappa shape index (κ3) is 2.63. The number of halogens is 2. The van der Waals surface area contributed by atoms with Gasteiger partial charge in [-0.15, -0.1) is 22.2 Å². The first kappa shape index (κ1) is 12.8. The molecule has 1 saturated heterocycles. The van der Waals surface area contributed by atoms with Gasteiger partial charge in [-0.2, -0.15) is 0 Å². The molecular weight excluding hydrogens is 281 g/mol. The average molecular weight is 290 g/mol. The fourth-order valence-corrected chi connectivity index (χ4v) is 32.4. The van der Waals surface area contributed by atoms with Crippen LogP contribution in [0.2, 0.25) is 23.5 Å². The molecule has 2 unspecified atom stereocenters. The summed E-state index contributed by atoms with van der Waals surface area (Å²) in [6.45, 7) is 1.88. The topological polar surface area (TPSA) is 71.4 Å². The predicted octanol–water partition coefficient (Wildman–Crippen LogP) is 2.25. The lowest BCUT2D eigenvalue weighted by molar-refractivity contribution is 1.42. The van der Waals surface area contributed by atoms with Crippen molar-refractivity contribution >= 4 is 45.0 Å². The molecule has 0 spiro atoms. The summed E-state index contributed by atoms with van der Waals surface area (Å²) < 4.78 is 0. The van der Waals surface area contributed by atoms with Gasteiger partial charge in [-0.3, -0.25) is 0 Å². The van der Waals surface area contributed by atoms with Crippen LogP contribution in [0.25, 0.3) is 0 Å². The predicted molar refractivity (Wildman–Crippen MR) is 66.1 cm³/mol. The van der Waals surface area contributed by atoms with E-state index >= 15 is 0 Å². The van der Waals surface area contributed by atoms with Gasteiger partial charge in [0.05, 0.1) is 0 Å². The Bertz CT molecular complexity index is 337. The summed E-state index contributed by atoms with van der Waals surface area (Å²) >= 11 is 12.5. The van der Waals surface area contributed by atoms with E-state index < -0.39 is 22.8 Å². The number of rotatable bonds is 0. The second-order valence-corrected chi connectivity index (χ2v) is 20.6. The maximum absolute atomic E-state index is 9.13. The van der Waals surface area contributed by atoms with Gasteiger partial charge in [0, 0.05) is 17.1 Å². The molecule has 0 N–H and O–H groups in total. The Morgan fingerprint density at radius 3 is 1.53 bits per heavy atom. The number of hydrogen-bond donors (Lipinski definition) is 0. The third-order valence-electron chi connectivity index (χ3n) is 2.57. The van der Waals surface area contributed by atoms with E-state index in [1.807, 2.05) is 6.55 Å². The van der Waals surface area contributed by atoms with Crippen molar-refractivity contribution in [2.24, 2.45) is 0 Å². The standard InChI is InChI=1S/C7H9Cl2N3Si3/c1-13(2-10)5-14(8,3-11)7-15(9,4-12)6-13/h5-7H2,1H3. The molecule has 0 bridgehead atoms. The van der Waals surface area contributed by atoms with Crippen molar-refractivity contribution in [2.75, 3.05) is 0 Å². The largest absolute Gasteiger partial charge is 0.266 e. The maximum atomic E-state index is 9.13. The number of nitriles is 3. The molecule has 1 heterocycles. The molecule has 0 aromatic rings. The van der Waals surface area contributed by atoms with Crippen LogP contribution in [0.15, 0.2) is 0 Å². The third-order valence-corrected chi connectivity index (χ3v) is 24.4. The minimum absolute atomic E-state index is 0.403. The fourth-order valence-electron chi connectivity index (χ4n) is 2.11. The van der Waals surface area contributed by atoms with Crippen LogP contribution in [0, 0.1) is 32.9 Å². The van der Waals surface area contributed by atoms with Crippen molar-refractivity contribution in [3.63, 3.8) is 0 Å². The highest BCUT2D eigenvalue weighted by molar-refractivity contribution is 7.43. The van der Waals surface area contributed by atoms with Gasteiger partial charge >= 0.3 is 0 Å². The first-order valence-electron chi connectivity index (χ1n) is 4.42. The van der Waals surface area contributed by atoms with Crippen molar-refractivity contribution in [1.82, 2.24) is 0 Å². The molecule has 0 aromatic carbocycles. The Hall–Kier alpha value is -0.299. The van der Waals surface area contributed by atoms with E-state index in [9.17, 15) is 0 Å². The Balaban J connectivity index is 3.13. The molecule has 1 aliphatic heterocycles. The quantitative estimate of drug-likeness (QED) is 0.507. The fraction of sp³-hybridized carbons (Fsp3) is 0.571. The summed E-state index contributed by atoms with van der Waals surface area (Å²) in [6, 6.07) is 0. The van der Waals surface area contributed by atoms with E-state index in [-0.39, 0.29) is 0 Å². The van der Waals surface area contributed by atoms with Crippen LogP contribution in [0.1, 0.15) is 0 Å². The Morgan fingerprint density at radius 1 is 0.867 bits per heavy atom. The summed E-state index contributed by atoms with van der Waals surface area (Å²) in [4.78, 5) is 0. The van der Waals surface area contributed by atoms with Crippen LogP contribution < -0.4 is 0 Å². The van der Waals surface area contributed by atoms with Gasteiger partial charge in [0.25, 0.3) is 14.8 Å². The lowest BCUT2D eigenvalue weighted by Gasteiger charge is -2.36. The van der Waals surface area contributed by atoms with E-state index in [1.165, 1.54) is 0 Å². The maximum Gasteiger partial charge on any atom is 0.266 e. The summed E-state index contributed by atoms with van der Waals surface area (Å²) in [5.74, 6) is 0. The van der Waals surface area contributed by atoms with Crippen molar-refractivity contribution in [3.05, 3.63) is 0 Å². The first-order valence-corrected chi connectivity index (χ1v) is 14.2. The summed E-state index contributed by atoms with van der Waals surface area (Å²) in [7, 11) is -7.40. The Labute approximate surface area is 101 Å². The normalized spacial score (nSPS) is 44.8. The smallest absolute Gasteiger partial charge is 0.207 e. The van der Waals surface area contributed by atoms with Crippen LogP contribution in [0.5, 0.6) is 0 Å². The van der Waals surface area contributed by atoms with Crippen LogP contribution in [0.3, 0.4) is 0 Å². The highest BCUT2D eigenvalue weighted by Crippen LogP contribution is 2.42. The highest BCUT2D eigenvalue weighted by atomic mass is 35.6. The Morgan fingerprint density at radius 2 is 1.27 bits per heavy atom. The Kier molecular flexibility index (Phi) is 3.35. The van der Waals surface area contributed by atoms with E-state index in [0.29, 0.717) is 17.0 Å².